The van der Waals surface area contributed by atoms with Crippen molar-refractivity contribution in [3.8, 4) is 0 Å². The summed E-state index contributed by atoms with van der Waals surface area (Å²) in [5.41, 5.74) is 0.359. The van der Waals surface area contributed by atoms with E-state index in [2.05, 4.69) is 25.5 Å². The summed E-state index contributed by atoms with van der Waals surface area (Å²) in [4.78, 5) is 19.5. The van der Waals surface area contributed by atoms with Crippen LogP contribution in [0.4, 0.5) is 0 Å². The Kier molecular flexibility index (Phi) is 3.80. The molecule has 0 aromatic carbocycles. The minimum Gasteiger partial charge on any atom is -0.376 e. The molecule has 8 nitrogen and oxygen atoms in total. The maximum absolute atomic E-state index is 11.8. The normalized spacial score (nSPS) is 17.8. The zero-order chi connectivity index (χ0) is 15.6. The zero-order valence-electron chi connectivity index (χ0n) is 12.2. The van der Waals surface area contributed by atoms with E-state index in [0.29, 0.717) is 17.3 Å². The summed E-state index contributed by atoms with van der Waals surface area (Å²) in [6, 6.07) is 5.29. The van der Waals surface area contributed by atoms with Crippen LogP contribution in [0.2, 0.25) is 0 Å². The molecular formula is C14H14N6O2S. The molecule has 4 rings (SSSR count). The molecule has 0 bridgehead atoms. The largest absolute Gasteiger partial charge is 0.376 e. The fraction of sp³-hybridized carbons (Fsp3) is 0.357. The number of rotatable bonds is 4. The molecule has 3 aromatic rings. The van der Waals surface area contributed by atoms with Crippen LogP contribution in [0.15, 0.2) is 39.2 Å². The number of hydrogen-bond donors (Lipinski definition) is 1. The van der Waals surface area contributed by atoms with Crippen molar-refractivity contribution < 1.29 is 4.74 Å². The molecule has 1 unspecified atom stereocenters. The third kappa shape index (κ3) is 2.97. The number of fused-ring (bicyclic) bond motifs is 1. The van der Waals surface area contributed by atoms with E-state index in [9.17, 15) is 4.79 Å². The van der Waals surface area contributed by atoms with E-state index in [1.807, 2.05) is 12.1 Å². The van der Waals surface area contributed by atoms with Crippen LogP contribution < -0.4 is 5.56 Å². The molecule has 3 aromatic heterocycles. The van der Waals surface area contributed by atoms with Crippen molar-refractivity contribution in [1.82, 2.24) is 30.2 Å². The van der Waals surface area contributed by atoms with Crippen molar-refractivity contribution in [1.29, 1.82) is 0 Å². The van der Waals surface area contributed by atoms with Crippen LogP contribution in [0.5, 0.6) is 0 Å². The van der Waals surface area contributed by atoms with Gasteiger partial charge in [-0.05, 0) is 47.2 Å². The Morgan fingerprint density at radius 3 is 3.30 bits per heavy atom. The van der Waals surface area contributed by atoms with Crippen LogP contribution in [-0.2, 0) is 11.3 Å². The first-order chi connectivity index (χ1) is 11.3. The summed E-state index contributed by atoms with van der Waals surface area (Å²) < 4.78 is 7.36. The van der Waals surface area contributed by atoms with Crippen molar-refractivity contribution in [3.05, 3.63) is 34.7 Å². The number of aromatic amines is 1. The van der Waals surface area contributed by atoms with E-state index in [-0.39, 0.29) is 11.7 Å². The molecule has 1 fully saturated rings. The van der Waals surface area contributed by atoms with Crippen LogP contribution in [0.3, 0.4) is 0 Å². The van der Waals surface area contributed by atoms with Crippen LogP contribution in [0, 0.1) is 0 Å². The summed E-state index contributed by atoms with van der Waals surface area (Å²) in [5, 5.41) is 13.3. The molecule has 1 N–H and O–H groups in total. The molecule has 118 valence electrons. The molecule has 0 radical (unpaired) electrons. The molecule has 1 saturated heterocycles. The molecule has 0 saturated carbocycles. The first-order valence-corrected chi connectivity index (χ1v) is 8.15. The van der Waals surface area contributed by atoms with Gasteiger partial charge in [-0.25, -0.2) is 9.67 Å². The van der Waals surface area contributed by atoms with Crippen LogP contribution in [-0.4, -0.2) is 42.9 Å². The van der Waals surface area contributed by atoms with Gasteiger partial charge in [0.05, 0.1) is 12.6 Å². The molecule has 0 aliphatic carbocycles. The van der Waals surface area contributed by atoms with Crippen LogP contribution in [0.25, 0.3) is 11.0 Å². The molecule has 1 aliphatic heterocycles. The van der Waals surface area contributed by atoms with Crippen molar-refractivity contribution >= 4 is 22.8 Å². The summed E-state index contributed by atoms with van der Waals surface area (Å²) in [6.07, 6.45) is 3.88. The van der Waals surface area contributed by atoms with Crippen molar-refractivity contribution in [2.75, 3.05) is 6.61 Å². The highest BCUT2D eigenvalue weighted by molar-refractivity contribution is 7.99. The molecule has 23 heavy (non-hydrogen) atoms. The third-order valence-corrected chi connectivity index (χ3v) is 4.71. The SMILES string of the molecule is O=c1cc(Sc2nnnn2CC2CCCO2)c2cccnc2[nH]1. The fourth-order valence-corrected chi connectivity index (χ4v) is 3.53. The minimum absolute atomic E-state index is 0.149. The minimum atomic E-state index is -0.197. The highest BCUT2D eigenvalue weighted by Gasteiger charge is 2.19. The Labute approximate surface area is 135 Å². The van der Waals surface area contributed by atoms with E-state index >= 15 is 0 Å². The summed E-state index contributed by atoms with van der Waals surface area (Å²) in [7, 11) is 0. The Hall–Kier alpha value is -2.26. The fourth-order valence-electron chi connectivity index (χ4n) is 2.60. The zero-order valence-corrected chi connectivity index (χ0v) is 13.0. The first kappa shape index (κ1) is 14.3. The maximum Gasteiger partial charge on any atom is 0.250 e. The highest BCUT2D eigenvalue weighted by Crippen LogP contribution is 2.30. The molecule has 1 atom stereocenters. The Morgan fingerprint density at radius 1 is 1.48 bits per heavy atom. The van der Waals surface area contributed by atoms with Gasteiger partial charge in [-0.1, -0.05) is 0 Å². The maximum atomic E-state index is 11.8. The van der Waals surface area contributed by atoms with Gasteiger partial charge >= 0.3 is 0 Å². The van der Waals surface area contributed by atoms with Gasteiger partial charge in [-0.15, -0.1) is 5.10 Å². The number of nitrogens with zero attached hydrogens (tertiary/aromatic N) is 5. The van der Waals surface area contributed by atoms with Gasteiger partial charge in [-0.2, -0.15) is 0 Å². The lowest BCUT2D eigenvalue weighted by molar-refractivity contribution is 0.0912. The number of pyridine rings is 2. The van der Waals surface area contributed by atoms with Crippen molar-refractivity contribution in [2.45, 2.75) is 35.5 Å². The predicted octanol–water partition coefficient (Wildman–Crippen LogP) is 1.24. The Bertz CT molecular complexity index is 886. The Morgan fingerprint density at radius 2 is 2.43 bits per heavy atom. The molecular weight excluding hydrogens is 316 g/mol. The van der Waals surface area contributed by atoms with Crippen molar-refractivity contribution in [2.24, 2.45) is 0 Å². The van der Waals surface area contributed by atoms with Gasteiger partial charge < -0.3 is 9.72 Å². The van der Waals surface area contributed by atoms with Crippen LogP contribution >= 0.6 is 11.8 Å². The summed E-state index contributed by atoms with van der Waals surface area (Å²) in [5.74, 6) is 0. The highest BCUT2D eigenvalue weighted by atomic mass is 32.2. The molecule has 9 heteroatoms. The third-order valence-electron chi connectivity index (χ3n) is 3.68. The second-order valence-electron chi connectivity index (χ2n) is 5.28. The van der Waals surface area contributed by atoms with Gasteiger partial charge in [0.2, 0.25) is 5.16 Å². The summed E-state index contributed by atoms with van der Waals surface area (Å²) in [6.45, 7) is 1.41. The van der Waals surface area contributed by atoms with Gasteiger partial charge in [-0.3, -0.25) is 4.79 Å². The van der Waals surface area contributed by atoms with Gasteiger partial charge in [0, 0.05) is 29.2 Å². The van der Waals surface area contributed by atoms with Crippen molar-refractivity contribution in [3.63, 3.8) is 0 Å². The monoisotopic (exact) mass is 330 g/mol. The Balaban J connectivity index is 1.66. The first-order valence-electron chi connectivity index (χ1n) is 7.33. The molecule has 1 aliphatic rings. The van der Waals surface area contributed by atoms with Gasteiger partial charge in [0.25, 0.3) is 5.56 Å². The number of hydrogen-bond acceptors (Lipinski definition) is 7. The van der Waals surface area contributed by atoms with E-state index in [0.717, 1.165) is 29.7 Å². The predicted molar refractivity (Wildman–Crippen MR) is 83.3 cm³/mol. The second-order valence-corrected chi connectivity index (χ2v) is 6.29. The molecule has 4 heterocycles. The number of tetrazole rings is 1. The quantitative estimate of drug-likeness (QED) is 0.768. The standard InChI is InChI=1S/C14H14N6O2S/c21-12-7-11(10-4-1-5-15-13(10)16-12)23-14-17-18-19-20(14)8-9-3-2-6-22-9/h1,4-5,7,9H,2-3,6,8H2,(H,15,16,21). The van der Waals surface area contributed by atoms with Crippen LogP contribution in [0.1, 0.15) is 12.8 Å². The van der Waals surface area contributed by atoms with E-state index < -0.39 is 0 Å². The van der Waals surface area contributed by atoms with E-state index in [4.69, 9.17) is 4.74 Å². The van der Waals surface area contributed by atoms with Gasteiger partial charge in [0.15, 0.2) is 0 Å². The smallest absolute Gasteiger partial charge is 0.250 e. The average molecular weight is 330 g/mol. The topological polar surface area (TPSA) is 98.6 Å². The second kappa shape index (κ2) is 6.09. The molecule has 0 spiro atoms. The van der Waals surface area contributed by atoms with E-state index in [1.165, 1.54) is 11.8 Å². The number of aromatic nitrogens is 6. The summed E-state index contributed by atoms with van der Waals surface area (Å²) >= 11 is 1.36. The lowest BCUT2D eigenvalue weighted by Gasteiger charge is -2.10. The number of H-pyrrole nitrogens is 1. The molecule has 0 amide bonds. The van der Waals surface area contributed by atoms with Gasteiger partial charge in [0.1, 0.15) is 5.65 Å². The lowest BCUT2D eigenvalue weighted by Crippen LogP contribution is -2.17. The average Bonchev–Trinajstić information content (AvgIpc) is 3.20. The number of nitrogens with one attached hydrogen (secondary N) is 1. The number of ether oxygens (including phenoxy) is 1. The van der Waals surface area contributed by atoms with E-state index in [1.54, 1.807) is 16.9 Å². The lowest BCUT2D eigenvalue weighted by atomic mass is 10.2.